The molecule has 5 rings (SSSR count). The molecule has 2 aromatic carbocycles. The molecule has 0 bridgehead atoms. The Morgan fingerprint density at radius 1 is 1.07 bits per heavy atom. The molecule has 0 radical (unpaired) electrons. The number of aryl methyl sites for hydroxylation is 3. The van der Waals surface area contributed by atoms with Crippen molar-refractivity contribution < 1.29 is 9.21 Å². The SMILES string of the molecule is CCc1ccc(C2c3c(oc4ccc(C)cc4c3=O)C(=O)N2c2nnc(C)s2)cc1. The van der Waals surface area contributed by atoms with E-state index in [2.05, 4.69) is 17.1 Å². The van der Waals surface area contributed by atoms with Crippen LogP contribution >= 0.6 is 11.3 Å². The molecule has 6 nitrogen and oxygen atoms in total. The number of hydrogen-bond acceptors (Lipinski definition) is 6. The van der Waals surface area contributed by atoms with E-state index >= 15 is 0 Å². The number of carbonyl (C=O) groups is 1. The fourth-order valence-corrected chi connectivity index (χ4v) is 4.63. The van der Waals surface area contributed by atoms with Crippen LogP contribution in [0.4, 0.5) is 5.13 Å². The third-order valence-corrected chi connectivity index (χ3v) is 6.29. The van der Waals surface area contributed by atoms with Crippen molar-refractivity contribution in [3.8, 4) is 0 Å². The Labute approximate surface area is 176 Å². The van der Waals surface area contributed by atoms with Gasteiger partial charge < -0.3 is 4.42 Å². The molecular weight excluding hydrogens is 398 g/mol. The number of benzene rings is 2. The van der Waals surface area contributed by atoms with Crippen LogP contribution in [0.5, 0.6) is 0 Å². The maximum atomic E-state index is 13.5. The lowest BCUT2D eigenvalue weighted by Crippen LogP contribution is -2.29. The van der Waals surface area contributed by atoms with Crippen LogP contribution in [0.3, 0.4) is 0 Å². The molecule has 0 N–H and O–H groups in total. The van der Waals surface area contributed by atoms with E-state index in [1.165, 1.54) is 21.8 Å². The molecule has 3 heterocycles. The molecule has 0 aliphatic carbocycles. The second-order valence-corrected chi connectivity index (χ2v) is 8.61. The Morgan fingerprint density at radius 3 is 2.50 bits per heavy atom. The van der Waals surface area contributed by atoms with Crippen LogP contribution < -0.4 is 10.3 Å². The molecule has 1 atom stereocenters. The molecule has 1 amide bonds. The van der Waals surface area contributed by atoms with Gasteiger partial charge in [-0.1, -0.05) is 54.2 Å². The molecule has 150 valence electrons. The molecule has 0 spiro atoms. The standard InChI is InChI=1S/C23H19N3O3S/c1-4-14-6-8-15(9-7-14)19-18-20(27)16-11-12(2)5-10-17(16)29-21(18)22(28)26(19)23-25-24-13(3)30-23/h5-11,19H,4H2,1-3H3. The molecule has 7 heteroatoms. The Balaban J connectivity index is 1.80. The summed E-state index contributed by atoms with van der Waals surface area (Å²) in [5.41, 5.74) is 3.56. The van der Waals surface area contributed by atoms with Gasteiger partial charge in [0.25, 0.3) is 5.91 Å². The number of rotatable bonds is 3. The van der Waals surface area contributed by atoms with Gasteiger partial charge in [0.15, 0.2) is 5.43 Å². The largest absolute Gasteiger partial charge is 0.450 e. The van der Waals surface area contributed by atoms with Crippen molar-refractivity contribution in [3.63, 3.8) is 0 Å². The van der Waals surface area contributed by atoms with Crippen molar-refractivity contribution >= 4 is 33.3 Å². The smallest absolute Gasteiger partial charge is 0.297 e. The lowest BCUT2D eigenvalue weighted by molar-refractivity contribution is 0.0970. The minimum atomic E-state index is -0.605. The number of fused-ring (bicyclic) bond motifs is 2. The number of anilines is 1. The number of aromatic nitrogens is 2. The third-order valence-electron chi connectivity index (χ3n) is 5.45. The average molecular weight is 417 g/mol. The number of amides is 1. The van der Waals surface area contributed by atoms with Gasteiger partial charge >= 0.3 is 0 Å². The van der Waals surface area contributed by atoms with Crippen LogP contribution in [0.1, 0.15) is 50.8 Å². The van der Waals surface area contributed by atoms with Crippen LogP contribution in [0.2, 0.25) is 0 Å². The van der Waals surface area contributed by atoms with E-state index in [0.29, 0.717) is 21.7 Å². The highest BCUT2D eigenvalue weighted by molar-refractivity contribution is 7.15. The predicted molar refractivity (Wildman–Crippen MR) is 116 cm³/mol. The summed E-state index contributed by atoms with van der Waals surface area (Å²) < 4.78 is 5.97. The summed E-state index contributed by atoms with van der Waals surface area (Å²) in [6, 6.07) is 12.8. The lowest BCUT2D eigenvalue weighted by Gasteiger charge is -2.22. The molecule has 0 saturated carbocycles. The molecule has 1 aliphatic heterocycles. The maximum absolute atomic E-state index is 13.5. The van der Waals surface area contributed by atoms with Gasteiger partial charge in [0.1, 0.15) is 10.6 Å². The van der Waals surface area contributed by atoms with Crippen molar-refractivity contribution in [3.05, 3.63) is 85.7 Å². The van der Waals surface area contributed by atoms with E-state index in [0.717, 1.165) is 22.6 Å². The van der Waals surface area contributed by atoms with Gasteiger partial charge in [-0.05, 0) is 43.5 Å². The van der Waals surface area contributed by atoms with Gasteiger partial charge in [0.2, 0.25) is 10.9 Å². The zero-order chi connectivity index (χ0) is 21.0. The summed E-state index contributed by atoms with van der Waals surface area (Å²) >= 11 is 1.32. The van der Waals surface area contributed by atoms with Crippen molar-refractivity contribution in [2.24, 2.45) is 0 Å². The first-order valence-electron chi connectivity index (χ1n) is 9.77. The van der Waals surface area contributed by atoms with Gasteiger partial charge in [-0.25, -0.2) is 0 Å². The Morgan fingerprint density at radius 2 is 1.83 bits per heavy atom. The van der Waals surface area contributed by atoms with E-state index in [1.807, 2.05) is 44.2 Å². The predicted octanol–water partition coefficient (Wildman–Crippen LogP) is 4.57. The van der Waals surface area contributed by atoms with Crippen LogP contribution in [-0.4, -0.2) is 16.1 Å². The van der Waals surface area contributed by atoms with Crippen molar-refractivity contribution in [2.75, 3.05) is 4.90 Å². The zero-order valence-electron chi connectivity index (χ0n) is 16.8. The fraction of sp³-hybridized carbons (Fsp3) is 0.217. The molecule has 0 fully saturated rings. The molecule has 2 aromatic heterocycles. The lowest BCUT2D eigenvalue weighted by atomic mass is 9.97. The summed E-state index contributed by atoms with van der Waals surface area (Å²) in [7, 11) is 0. The first-order chi connectivity index (χ1) is 14.5. The molecule has 4 aromatic rings. The van der Waals surface area contributed by atoms with E-state index in [9.17, 15) is 9.59 Å². The molecule has 0 saturated heterocycles. The van der Waals surface area contributed by atoms with Gasteiger partial charge in [-0.15, -0.1) is 10.2 Å². The Bertz CT molecular complexity index is 1350. The van der Waals surface area contributed by atoms with Gasteiger partial charge in [0.05, 0.1) is 17.0 Å². The number of hydrogen-bond donors (Lipinski definition) is 0. The van der Waals surface area contributed by atoms with Crippen LogP contribution in [0.25, 0.3) is 11.0 Å². The summed E-state index contributed by atoms with van der Waals surface area (Å²) in [6.45, 7) is 5.84. The molecule has 1 aliphatic rings. The van der Waals surface area contributed by atoms with Gasteiger partial charge in [-0.3, -0.25) is 14.5 Å². The molecular formula is C23H19N3O3S. The van der Waals surface area contributed by atoms with Crippen molar-refractivity contribution in [1.29, 1.82) is 0 Å². The molecule has 30 heavy (non-hydrogen) atoms. The second-order valence-electron chi connectivity index (χ2n) is 7.45. The van der Waals surface area contributed by atoms with Crippen LogP contribution in [0.15, 0.2) is 51.7 Å². The summed E-state index contributed by atoms with van der Waals surface area (Å²) in [4.78, 5) is 28.5. The van der Waals surface area contributed by atoms with E-state index in [1.54, 1.807) is 12.1 Å². The molecule has 1 unspecified atom stereocenters. The van der Waals surface area contributed by atoms with Crippen molar-refractivity contribution in [2.45, 2.75) is 33.2 Å². The monoisotopic (exact) mass is 417 g/mol. The Kier molecular flexibility index (Phi) is 4.29. The fourth-order valence-electron chi connectivity index (χ4n) is 3.92. The zero-order valence-corrected chi connectivity index (χ0v) is 17.6. The minimum absolute atomic E-state index is 0.0776. The third kappa shape index (κ3) is 2.77. The highest BCUT2D eigenvalue weighted by atomic mass is 32.1. The Hall–Kier alpha value is -3.32. The van der Waals surface area contributed by atoms with E-state index < -0.39 is 6.04 Å². The van der Waals surface area contributed by atoms with Crippen LogP contribution in [-0.2, 0) is 6.42 Å². The first kappa shape index (κ1) is 18.7. The van der Waals surface area contributed by atoms with E-state index in [-0.39, 0.29) is 17.1 Å². The highest BCUT2D eigenvalue weighted by Gasteiger charge is 2.45. The highest BCUT2D eigenvalue weighted by Crippen LogP contribution is 2.42. The quantitative estimate of drug-likeness (QED) is 0.488. The van der Waals surface area contributed by atoms with Gasteiger partial charge in [-0.2, -0.15) is 0 Å². The topological polar surface area (TPSA) is 76.3 Å². The summed E-state index contributed by atoms with van der Waals surface area (Å²) in [6.07, 6.45) is 0.909. The number of nitrogens with zero attached hydrogens (tertiary/aromatic N) is 3. The normalized spacial score (nSPS) is 15.8. The second kappa shape index (κ2) is 6.88. The number of carbonyl (C=O) groups excluding carboxylic acids is 1. The summed E-state index contributed by atoms with van der Waals surface area (Å²) in [5.74, 6) is -0.293. The van der Waals surface area contributed by atoms with Crippen LogP contribution in [0, 0.1) is 13.8 Å². The van der Waals surface area contributed by atoms with E-state index in [4.69, 9.17) is 4.42 Å². The average Bonchev–Trinajstić information content (AvgIpc) is 3.30. The van der Waals surface area contributed by atoms with Crippen molar-refractivity contribution in [1.82, 2.24) is 10.2 Å². The summed E-state index contributed by atoms with van der Waals surface area (Å²) in [5, 5.41) is 9.93. The first-order valence-corrected chi connectivity index (χ1v) is 10.6. The maximum Gasteiger partial charge on any atom is 0.297 e. The minimum Gasteiger partial charge on any atom is -0.450 e. The van der Waals surface area contributed by atoms with Gasteiger partial charge in [0, 0.05) is 0 Å².